The number of carbonyl (C=O) groups excluding carboxylic acids is 2. The lowest BCUT2D eigenvalue weighted by Crippen LogP contribution is -2.55. The van der Waals surface area contributed by atoms with E-state index in [1.165, 1.54) is 0 Å². The fourth-order valence-electron chi connectivity index (χ4n) is 2.49. The molecular weight excluding hydrogens is 272 g/mol. The molecule has 0 heterocycles. The summed E-state index contributed by atoms with van der Waals surface area (Å²) in [5.74, 6) is -0.365. The summed E-state index contributed by atoms with van der Waals surface area (Å²) in [6.45, 7) is 6.15. The Morgan fingerprint density at radius 3 is 2.67 bits per heavy atom. The third-order valence-corrected chi connectivity index (χ3v) is 3.69. The predicted octanol–water partition coefficient (Wildman–Crippen LogP) is 0.895. The first-order valence-corrected chi connectivity index (χ1v) is 7.55. The highest BCUT2D eigenvalue weighted by atomic mass is 16.5. The number of nitrogens with two attached hydrogens (primary N) is 1. The third-order valence-electron chi connectivity index (χ3n) is 3.69. The van der Waals surface area contributed by atoms with E-state index in [0.717, 1.165) is 12.8 Å². The second kappa shape index (κ2) is 8.79. The van der Waals surface area contributed by atoms with Gasteiger partial charge in [0.25, 0.3) is 0 Å². The van der Waals surface area contributed by atoms with Gasteiger partial charge in [-0.3, -0.25) is 4.79 Å². The minimum Gasteiger partial charge on any atom is -0.463 e. The van der Waals surface area contributed by atoms with Gasteiger partial charge in [0.05, 0.1) is 24.9 Å². The van der Waals surface area contributed by atoms with Crippen molar-refractivity contribution >= 4 is 12.4 Å². The van der Waals surface area contributed by atoms with E-state index in [4.69, 9.17) is 15.2 Å². The number of amides is 1. The molecule has 120 valence electrons. The van der Waals surface area contributed by atoms with Crippen LogP contribution in [0.25, 0.3) is 0 Å². The van der Waals surface area contributed by atoms with Gasteiger partial charge in [-0.25, -0.2) is 4.79 Å². The first-order valence-electron chi connectivity index (χ1n) is 7.55. The Bertz CT molecular complexity index is 380. The average Bonchev–Trinajstić information content (AvgIpc) is 2.47. The highest BCUT2D eigenvalue weighted by Crippen LogP contribution is 2.23. The van der Waals surface area contributed by atoms with Crippen LogP contribution in [0.4, 0.5) is 0 Å². The number of nitrogens with one attached hydrogen (secondary N) is 1. The van der Waals surface area contributed by atoms with Crippen molar-refractivity contribution in [3.63, 3.8) is 0 Å². The summed E-state index contributed by atoms with van der Waals surface area (Å²) in [6, 6.07) is -0.708. The van der Waals surface area contributed by atoms with Crippen LogP contribution in [0.2, 0.25) is 0 Å². The van der Waals surface area contributed by atoms with Gasteiger partial charge in [-0.15, -0.1) is 0 Å². The monoisotopic (exact) mass is 298 g/mol. The van der Waals surface area contributed by atoms with Crippen LogP contribution in [0.5, 0.6) is 0 Å². The molecular formula is C15H26N2O4. The standard InChI is InChI=1S/C15H26N2O4/c1-4-11(5-2)21-13-8-10(15(19)20-6-3)7-12(16)14(13)17-9-18/h8-9,11-14H,4-7,16H2,1-3H3,(H,17,18)/t12-,13+,14+/m0/s1. The van der Waals surface area contributed by atoms with Gasteiger partial charge in [0.15, 0.2) is 0 Å². The van der Waals surface area contributed by atoms with Crippen molar-refractivity contribution in [2.45, 2.75) is 64.3 Å². The molecule has 0 aliphatic heterocycles. The maximum atomic E-state index is 11.9. The van der Waals surface area contributed by atoms with Crippen molar-refractivity contribution in [1.29, 1.82) is 0 Å². The Kier molecular flexibility index (Phi) is 7.39. The highest BCUT2D eigenvalue weighted by molar-refractivity contribution is 5.89. The van der Waals surface area contributed by atoms with Crippen LogP contribution < -0.4 is 11.1 Å². The molecule has 0 fully saturated rings. The van der Waals surface area contributed by atoms with Crippen molar-refractivity contribution in [3.05, 3.63) is 11.6 Å². The van der Waals surface area contributed by atoms with Gasteiger partial charge in [-0.1, -0.05) is 13.8 Å². The number of hydrogen-bond donors (Lipinski definition) is 2. The number of hydrogen-bond acceptors (Lipinski definition) is 5. The van der Waals surface area contributed by atoms with Crippen LogP contribution in [0, 0.1) is 0 Å². The van der Waals surface area contributed by atoms with Crippen LogP contribution in [0.3, 0.4) is 0 Å². The lowest BCUT2D eigenvalue weighted by molar-refractivity contribution is -0.139. The van der Waals surface area contributed by atoms with E-state index in [1.54, 1.807) is 13.0 Å². The van der Waals surface area contributed by atoms with Crippen molar-refractivity contribution in [1.82, 2.24) is 5.32 Å². The SMILES string of the molecule is CCOC(=O)C1=C[C@@H](OC(CC)CC)[C@H](NC=O)[C@@H](N)C1. The Hall–Kier alpha value is -1.40. The molecule has 6 heteroatoms. The topological polar surface area (TPSA) is 90.6 Å². The zero-order chi connectivity index (χ0) is 15.8. The normalized spacial score (nSPS) is 25.4. The summed E-state index contributed by atoms with van der Waals surface area (Å²) in [6.07, 6.45) is 4.10. The molecule has 1 aliphatic rings. The van der Waals surface area contributed by atoms with E-state index >= 15 is 0 Å². The molecule has 0 aromatic carbocycles. The largest absolute Gasteiger partial charge is 0.463 e. The van der Waals surface area contributed by atoms with E-state index < -0.39 is 6.10 Å². The Balaban J connectivity index is 2.93. The smallest absolute Gasteiger partial charge is 0.333 e. The van der Waals surface area contributed by atoms with Crippen molar-refractivity contribution in [3.8, 4) is 0 Å². The molecule has 0 spiro atoms. The molecule has 0 saturated heterocycles. The molecule has 1 aliphatic carbocycles. The summed E-state index contributed by atoms with van der Waals surface area (Å²) in [4.78, 5) is 22.7. The first kappa shape index (κ1) is 17.7. The molecule has 3 atom stereocenters. The summed E-state index contributed by atoms with van der Waals surface area (Å²) < 4.78 is 11.0. The maximum Gasteiger partial charge on any atom is 0.333 e. The van der Waals surface area contributed by atoms with Gasteiger partial charge in [-0.2, -0.15) is 0 Å². The third kappa shape index (κ3) is 4.82. The number of rotatable bonds is 8. The summed E-state index contributed by atoms with van der Waals surface area (Å²) in [7, 11) is 0. The fourth-order valence-corrected chi connectivity index (χ4v) is 2.49. The van der Waals surface area contributed by atoms with Gasteiger partial charge >= 0.3 is 5.97 Å². The highest BCUT2D eigenvalue weighted by Gasteiger charge is 2.35. The zero-order valence-electron chi connectivity index (χ0n) is 13.0. The van der Waals surface area contributed by atoms with Crippen molar-refractivity contribution < 1.29 is 19.1 Å². The summed E-state index contributed by atoms with van der Waals surface area (Å²) in [5, 5.41) is 2.70. The summed E-state index contributed by atoms with van der Waals surface area (Å²) in [5.41, 5.74) is 6.61. The lowest BCUT2D eigenvalue weighted by Gasteiger charge is -2.35. The van der Waals surface area contributed by atoms with E-state index in [9.17, 15) is 9.59 Å². The Morgan fingerprint density at radius 1 is 1.48 bits per heavy atom. The van der Waals surface area contributed by atoms with Crippen LogP contribution in [-0.2, 0) is 19.1 Å². The molecule has 0 aromatic rings. The predicted molar refractivity (Wildman–Crippen MR) is 79.5 cm³/mol. The molecule has 1 amide bonds. The van der Waals surface area contributed by atoms with Gasteiger partial charge in [0.2, 0.25) is 6.41 Å². The molecule has 1 rings (SSSR count). The number of carbonyl (C=O) groups is 2. The van der Waals surface area contributed by atoms with Crippen LogP contribution in [0.1, 0.15) is 40.0 Å². The minimum absolute atomic E-state index is 0.0657. The second-order valence-corrected chi connectivity index (χ2v) is 5.13. The number of ether oxygens (including phenoxy) is 2. The molecule has 0 unspecified atom stereocenters. The van der Waals surface area contributed by atoms with Gasteiger partial charge in [-0.05, 0) is 32.3 Å². The molecule has 0 radical (unpaired) electrons. The van der Waals surface area contributed by atoms with Gasteiger partial charge in [0, 0.05) is 11.6 Å². The first-order chi connectivity index (χ1) is 10.1. The zero-order valence-corrected chi connectivity index (χ0v) is 13.0. The Labute approximate surface area is 126 Å². The van der Waals surface area contributed by atoms with E-state index in [-0.39, 0.29) is 24.2 Å². The van der Waals surface area contributed by atoms with Crippen molar-refractivity contribution in [2.24, 2.45) is 5.73 Å². The van der Waals surface area contributed by atoms with Crippen LogP contribution >= 0.6 is 0 Å². The molecule has 0 bridgehead atoms. The molecule has 3 N–H and O–H groups in total. The molecule has 0 aromatic heterocycles. The van der Waals surface area contributed by atoms with E-state index in [0.29, 0.717) is 25.0 Å². The quantitative estimate of drug-likeness (QED) is 0.513. The van der Waals surface area contributed by atoms with Crippen LogP contribution in [-0.4, -0.2) is 43.3 Å². The average molecular weight is 298 g/mol. The molecule has 0 saturated carbocycles. The van der Waals surface area contributed by atoms with Crippen molar-refractivity contribution in [2.75, 3.05) is 6.61 Å². The molecule has 21 heavy (non-hydrogen) atoms. The molecule has 6 nitrogen and oxygen atoms in total. The summed E-state index contributed by atoms with van der Waals surface area (Å²) >= 11 is 0. The van der Waals surface area contributed by atoms with Gasteiger partial charge in [0.1, 0.15) is 0 Å². The van der Waals surface area contributed by atoms with Crippen LogP contribution in [0.15, 0.2) is 11.6 Å². The van der Waals surface area contributed by atoms with E-state index in [1.807, 2.05) is 13.8 Å². The maximum absolute atomic E-state index is 11.9. The lowest BCUT2D eigenvalue weighted by atomic mass is 9.88. The second-order valence-electron chi connectivity index (χ2n) is 5.13. The van der Waals surface area contributed by atoms with Gasteiger partial charge < -0.3 is 20.5 Å². The fraction of sp³-hybridized carbons (Fsp3) is 0.733. The minimum atomic E-state index is -0.414. The van der Waals surface area contributed by atoms with E-state index in [2.05, 4.69) is 5.32 Å². The Morgan fingerprint density at radius 2 is 2.14 bits per heavy atom. The number of esters is 1.